The molecule has 37 heavy (non-hydrogen) atoms. The number of benzene rings is 3. The van der Waals surface area contributed by atoms with Crippen molar-refractivity contribution < 1.29 is 18.0 Å². The standard InChI is InChI=1S/C28H32ClN3O4S/c1-19(27(34)30-28(2,3)4)31(18-20-13-15-22(29)16-14-20)25(33)12-7-17-32-23-10-5-8-21-9-6-11-24(26(21)23)37(32,35)36/h5-6,8-11,13-16,19H,7,12,17-18H2,1-4H3,(H,30,34)/t19-/m0/s1. The van der Waals surface area contributed by atoms with Crippen LogP contribution in [0.2, 0.25) is 5.02 Å². The maximum absolute atomic E-state index is 13.4. The quantitative estimate of drug-likeness (QED) is 0.429. The average molecular weight is 542 g/mol. The van der Waals surface area contributed by atoms with Crippen LogP contribution in [0.5, 0.6) is 0 Å². The first-order chi connectivity index (χ1) is 17.4. The van der Waals surface area contributed by atoms with Crippen LogP contribution in [0.4, 0.5) is 5.69 Å². The van der Waals surface area contributed by atoms with Crippen LogP contribution in [0.1, 0.15) is 46.1 Å². The highest BCUT2D eigenvalue weighted by molar-refractivity contribution is 7.93. The molecule has 0 spiro atoms. The summed E-state index contributed by atoms with van der Waals surface area (Å²) in [6.45, 7) is 7.77. The maximum Gasteiger partial charge on any atom is 0.265 e. The summed E-state index contributed by atoms with van der Waals surface area (Å²) in [6.07, 6.45) is 0.409. The number of hydrogen-bond donors (Lipinski definition) is 1. The van der Waals surface area contributed by atoms with Crippen LogP contribution in [0.15, 0.2) is 65.6 Å². The van der Waals surface area contributed by atoms with Gasteiger partial charge in [0.05, 0.1) is 10.6 Å². The van der Waals surface area contributed by atoms with E-state index in [1.807, 2.05) is 51.1 Å². The second kappa shape index (κ2) is 10.3. The average Bonchev–Trinajstić information content (AvgIpc) is 3.05. The van der Waals surface area contributed by atoms with Gasteiger partial charge in [-0.3, -0.25) is 13.9 Å². The van der Waals surface area contributed by atoms with Gasteiger partial charge in [0.25, 0.3) is 10.0 Å². The van der Waals surface area contributed by atoms with Crippen molar-refractivity contribution in [3.8, 4) is 0 Å². The zero-order valence-corrected chi connectivity index (χ0v) is 23.1. The molecule has 0 bridgehead atoms. The molecule has 7 nitrogen and oxygen atoms in total. The van der Waals surface area contributed by atoms with E-state index in [-0.39, 0.29) is 31.3 Å². The summed E-state index contributed by atoms with van der Waals surface area (Å²) in [5.41, 5.74) is 1.04. The molecule has 0 aromatic heterocycles. The van der Waals surface area contributed by atoms with Crippen LogP contribution in [0.3, 0.4) is 0 Å². The first-order valence-corrected chi connectivity index (χ1v) is 14.1. The molecule has 2 amide bonds. The highest BCUT2D eigenvalue weighted by Crippen LogP contribution is 2.42. The van der Waals surface area contributed by atoms with E-state index >= 15 is 0 Å². The fourth-order valence-corrected chi connectivity index (χ4v) is 6.43. The molecular weight excluding hydrogens is 510 g/mol. The second-order valence-corrected chi connectivity index (χ2v) is 12.6. The Bertz CT molecular complexity index is 1430. The van der Waals surface area contributed by atoms with E-state index in [0.717, 1.165) is 10.9 Å². The van der Waals surface area contributed by atoms with E-state index in [0.29, 0.717) is 27.4 Å². The molecule has 0 unspecified atom stereocenters. The number of halogens is 1. The minimum absolute atomic E-state index is 0.0963. The molecule has 4 rings (SSSR count). The minimum Gasteiger partial charge on any atom is -0.350 e. The van der Waals surface area contributed by atoms with Crippen molar-refractivity contribution >= 4 is 49.9 Å². The van der Waals surface area contributed by atoms with Gasteiger partial charge in [0.1, 0.15) is 6.04 Å². The lowest BCUT2D eigenvalue weighted by Crippen LogP contribution is -2.52. The van der Waals surface area contributed by atoms with Gasteiger partial charge in [-0.1, -0.05) is 48.0 Å². The third-order valence-corrected chi connectivity index (χ3v) is 8.47. The number of carbonyl (C=O) groups is 2. The molecule has 0 aliphatic carbocycles. The van der Waals surface area contributed by atoms with Crippen molar-refractivity contribution in [2.75, 3.05) is 10.8 Å². The third kappa shape index (κ3) is 5.75. The Morgan fingerprint density at radius 3 is 2.32 bits per heavy atom. The van der Waals surface area contributed by atoms with E-state index in [1.54, 1.807) is 37.3 Å². The number of rotatable bonds is 8. The number of sulfonamides is 1. The fourth-order valence-electron chi connectivity index (χ4n) is 4.56. The lowest BCUT2D eigenvalue weighted by atomic mass is 10.1. The molecule has 3 aromatic carbocycles. The van der Waals surface area contributed by atoms with E-state index in [2.05, 4.69) is 5.32 Å². The van der Waals surface area contributed by atoms with Gasteiger partial charge in [-0.2, -0.15) is 0 Å². The summed E-state index contributed by atoms with van der Waals surface area (Å²) in [4.78, 5) is 28.2. The number of nitrogens with zero attached hydrogens (tertiary/aromatic N) is 2. The number of carbonyl (C=O) groups excluding carboxylic acids is 2. The van der Waals surface area contributed by atoms with E-state index in [1.165, 1.54) is 9.21 Å². The normalized spacial score (nSPS) is 15.0. The predicted molar refractivity (Wildman–Crippen MR) is 147 cm³/mol. The largest absolute Gasteiger partial charge is 0.350 e. The SMILES string of the molecule is C[C@@H](C(=O)NC(C)(C)C)N(Cc1ccc(Cl)cc1)C(=O)CCCN1c2cccc3cccc(c23)S1(=O)=O. The molecule has 0 radical (unpaired) electrons. The van der Waals surface area contributed by atoms with Gasteiger partial charge >= 0.3 is 0 Å². The first-order valence-electron chi connectivity index (χ1n) is 12.3. The van der Waals surface area contributed by atoms with Crippen LogP contribution in [-0.2, 0) is 26.2 Å². The molecule has 1 aliphatic rings. The van der Waals surface area contributed by atoms with Gasteiger partial charge in [0.15, 0.2) is 0 Å². The van der Waals surface area contributed by atoms with Crippen molar-refractivity contribution in [3.63, 3.8) is 0 Å². The zero-order valence-electron chi connectivity index (χ0n) is 21.5. The highest BCUT2D eigenvalue weighted by atomic mass is 35.5. The van der Waals surface area contributed by atoms with Crippen LogP contribution < -0.4 is 9.62 Å². The Hall–Kier alpha value is -3.10. The molecule has 0 fully saturated rings. The summed E-state index contributed by atoms with van der Waals surface area (Å²) in [5, 5.41) is 5.11. The van der Waals surface area contributed by atoms with Gasteiger partial charge in [0, 0.05) is 35.5 Å². The molecule has 0 saturated carbocycles. The Balaban J connectivity index is 1.50. The summed E-state index contributed by atoms with van der Waals surface area (Å²) >= 11 is 6.01. The number of anilines is 1. The second-order valence-electron chi connectivity index (χ2n) is 10.4. The third-order valence-electron chi connectivity index (χ3n) is 6.36. The van der Waals surface area contributed by atoms with Gasteiger partial charge in [0.2, 0.25) is 11.8 Å². The van der Waals surface area contributed by atoms with Crippen LogP contribution in [0, 0.1) is 0 Å². The monoisotopic (exact) mass is 541 g/mol. The van der Waals surface area contributed by atoms with Gasteiger partial charge in [-0.25, -0.2) is 8.42 Å². The fraction of sp³-hybridized carbons (Fsp3) is 0.357. The van der Waals surface area contributed by atoms with Crippen molar-refractivity contribution in [3.05, 3.63) is 71.2 Å². The lowest BCUT2D eigenvalue weighted by molar-refractivity contribution is -0.141. The molecule has 1 atom stereocenters. The Kier molecular flexibility index (Phi) is 7.53. The zero-order chi connectivity index (χ0) is 27.0. The van der Waals surface area contributed by atoms with Crippen LogP contribution >= 0.6 is 11.6 Å². The number of nitrogens with one attached hydrogen (secondary N) is 1. The summed E-state index contributed by atoms with van der Waals surface area (Å²) in [6, 6.07) is 17.2. The van der Waals surface area contributed by atoms with Gasteiger partial charge in [-0.05, 0) is 69.3 Å². The summed E-state index contributed by atoms with van der Waals surface area (Å²) < 4.78 is 27.9. The predicted octanol–water partition coefficient (Wildman–Crippen LogP) is 5.11. The van der Waals surface area contributed by atoms with Gasteiger partial charge < -0.3 is 10.2 Å². The summed E-state index contributed by atoms with van der Waals surface area (Å²) in [7, 11) is -3.69. The Morgan fingerprint density at radius 2 is 1.68 bits per heavy atom. The van der Waals surface area contributed by atoms with Gasteiger partial charge in [-0.15, -0.1) is 0 Å². The number of amides is 2. The lowest BCUT2D eigenvalue weighted by Gasteiger charge is -2.31. The smallest absolute Gasteiger partial charge is 0.265 e. The molecule has 0 saturated heterocycles. The van der Waals surface area contributed by atoms with Crippen molar-refractivity contribution in [2.24, 2.45) is 0 Å². The molecule has 1 aliphatic heterocycles. The van der Waals surface area contributed by atoms with E-state index in [4.69, 9.17) is 11.6 Å². The molecule has 1 N–H and O–H groups in total. The first kappa shape index (κ1) is 26.9. The van der Waals surface area contributed by atoms with E-state index < -0.39 is 21.6 Å². The Morgan fingerprint density at radius 1 is 1.03 bits per heavy atom. The van der Waals surface area contributed by atoms with Crippen molar-refractivity contribution in [1.29, 1.82) is 0 Å². The Labute approximate surface area is 223 Å². The molecule has 1 heterocycles. The summed E-state index contributed by atoms with van der Waals surface area (Å²) in [5.74, 6) is -0.474. The van der Waals surface area contributed by atoms with Crippen molar-refractivity contribution in [2.45, 2.75) is 63.6 Å². The van der Waals surface area contributed by atoms with Crippen molar-refractivity contribution in [1.82, 2.24) is 10.2 Å². The molecule has 9 heteroatoms. The van der Waals surface area contributed by atoms with Crippen LogP contribution in [0.25, 0.3) is 10.8 Å². The molecule has 3 aromatic rings. The number of hydrogen-bond acceptors (Lipinski definition) is 4. The maximum atomic E-state index is 13.4. The van der Waals surface area contributed by atoms with Crippen LogP contribution in [-0.4, -0.2) is 43.3 Å². The highest BCUT2D eigenvalue weighted by Gasteiger charge is 2.35. The minimum atomic E-state index is -3.69. The topological polar surface area (TPSA) is 86.8 Å². The molecule has 196 valence electrons. The van der Waals surface area contributed by atoms with E-state index in [9.17, 15) is 18.0 Å². The molecular formula is C28H32ClN3O4S.